The standard InChI is InChI=1S/C20H28N4O3/c1-14-12-23(13-17(14)19(26)27-3)20(21-2)22-11-15-6-8-16(9-7-15)24-10-4-5-18(24)25/h6-9,14,17H,4-5,10-13H2,1-3H3,(H,21,22). The molecule has 2 heterocycles. The quantitative estimate of drug-likeness (QED) is 0.494. The van der Waals surface area contributed by atoms with Gasteiger partial charge in [-0.1, -0.05) is 19.1 Å². The van der Waals surface area contributed by atoms with Crippen molar-refractivity contribution in [2.75, 3.05) is 38.7 Å². The lowest BCUT2D eigenvalue weighted by Crippen LogP contribution is -2.40. The van der Waals surface area contributed by atoms with Crippen LogP contribution in [0.5, 0.6) is 0 Å². The summed E-state index contributed by atoms with van der Waals surface area (Å²) >= 11 is 0. The molecule has 2 saturated heterocycles. The second kappa shape index (κ2) is 8.41. The molecule has 2 unspecified atom stereocenters. The fourth-order valence-electron chi connectivity index (χ4n) is 3.83. The third-order valence-corrected chi connectivity index (χ3v) is 5.40. The van der Waals surface area contributed by atoms with E-state index < -0.39 is 0 Å². The third kappa shape index (κ3) is 4.23. The van der Waals surface area contributed by atoms with Gasteiger partial charge >= 0.3 is 5.97 Å². The molecule has 0 radical (unpaired) electrons. The first-order valence-corrected chi connectivity index (χ1v) is 9.46. The Morgan fingerprint density at radius 2 is 2.04 bits per heavy atom. The minimum atomic E-state index is -0.160. The number of aliphatic imine (C=N–C) groups is 1. The summed E-state index contributed by atoms with van der Waals surface area (Å²) in [6.07, 6.45) is 1.57. The van der Waals surface area contributed by atoms with Crippen molar-refractivity contribution in [2.45, 2.75) is 26.3 Å². The molecule has 1 aromatic carbocycles. The van der Waals surface area contributed by atoms with Crippen molar-refractivity contribution in [1.82, 2.24) is 10.2 Å². The van der Waals surface area contributed by atoms with Gasteiger partial charge in [0.25, 0.3) is 0 Å². The van der Waals surface area contributed by atoms with Gasteiger partial charge in [-0.15, -0.1) is 0 Å². The number of esters is 1. The number of ether oxygens (including phenoxy) is 1. The highest BCUT2D eigenvalue weighted by Crippen LogP contribution is 2.24. The van der Waals surface area contributed by atoms with Crippen molar-refractivity contribution in [3.05, 3.63) is 29.8 Å². The number of carbonyl (C=O) groups excluding carboxylic acids is 2. The minimum Gasteiger partial charge on any atom is -0.469 e. The number of rotatable bonds is 4. The first-order chi connectivity index (χ1) is 13.0. The number of amides is 1. The molecule has 0 spiro atoms. The van der Waals surface area contributed by atoms with Gasteiger partial charge in [0.2, 0.25) is 5.91 Å². The molecule has 0 aromatic heterocycles. The van der Waals surface area contributed by atoms with Gasteiger partial charge < -0.3 is 19.9 Å². The zero-order valence-corrected chi connectivity index (χ0v) is 16.3. The SMILES string of the molecule is CN=C(NCc1ccc(N2CCCC2=O)cc1)N1CC(C)C(C(=O)OC)C1. The van der Waals surface area contributed by atoms with E-state index in [1.807, 2.05) is 29.2 Å². The molecule has 2 atom stereocenters. The third-order valence-electron chi connectivity index (χ3n) is 5.40. The molecule has 27 heavy (non-hydrogen) atoms. The van der Waals surface area contributed by atoms with Gasteiger partial charge in [-0.2, -0.15) is 0 Å². The van der Waals surface area contributed by atoms with E-state index in [1.165, 1.54) is 7.11 Å². The van der Waals surface area contributed by atoms with Gasteiger partial charge in [0, 0.05) is 45.3 Å². The van der Waals surface area contributed by atoms with E-state index >= 15 is 0 Å². The predicted octanol–water partition coefficient (Wildman–Crippen LogP) is 1.63. The largest absolute Gasteiger partial charge is 0.469 e. The summed E-state index contributed by atoms with van der Waals surface area (Å²) in [4.78, 5) is 32.0. The molecule has 0 aliphatic carbocycles. The van der Waals surface area contributed by atoms with Crippen LogP contribution in [0.15, 0.2) is 29.3 Å². The predicted molar refractivity (Wildman–Crippen MR) is 104 cm³/mol. The van der Waals surface area contributed by atoms with Crippen molar-refractivity contribution < 1.29 is 14.3 Å². The first-order valence-electron chi connectivity index (χ1n) is 9.46. The Kier molecular flexibility index (Phi) is 5.98. The van der Waals surface area contributed by atoms with Gasteiger partial charge in [-0.05, 0) is 30.0 Å². The van der Waals surface area contributed by atoms with Crippen molar-refractivity contribution >= 4 is 23.5 Å². The lowest BCUT2D eigenvalue weighted by molar-refractivity contribution is -0.146. The van der Waals surface area contributed by atoms with Gasteiger partial charge in [0.05, 0.1) is 13.0 Å². The van der Waals surface area contributed by atoms with Crippen molar-refractivity contribution in [2.24, 2.45) is 16.8 Å². The van der Waals surface area contributed by atoms with E-state index in [2.05, 4.69) is 22.1 Å². The average Bonchev–Trinajstić information content (AvgIpc) is 3.28. The van der Waals surface area contributed by atoms with Gasteiger partial charge in [0.1, 0.15) is 0 Å². The number of likely N-dealkylation sites (tertiary alicyclic amines) is 1. The molecule has 7 heteroatoms. The Hall–Kier alpha value is -2.57. The number of guanidine groups is 1. The monoisotopic (exact) mass is 372 g/mol. The summed E-state index contributed by atoms with van der Waals surface area (Å²) < 4.78 is 4.90. The molecule has 1 aromatic rings. The van der Waals surface area contributed by atoms with Gasteiger partial charge in [0.15, 0.2) is 5.96 Å². The van der Waals surface area contributed by atoms with E-state index in [0.717, 1.165) is 36.7 Å². The number of hydrogen-bond acceptors (Lipinski definition) is 4. The number of nitrogens with one attached hydrogen (secondary N) is 1. The molecule has 1 amide bonds. The summed E-state index contributed by atoms with van der Waals surface area (Å²) in [6.45, 7) is 4.89. The van der Waals surface area contributed by atoms with Gasteiger partial charge in [-0.3, -0.25) is 14.6 Å². The van der Waals surface area contributed by atoms with Crippen molar-refractivity contribution in [3.63, 3.8) is 0 Å². The van der Waals surface area contributed by atoms with E-state index in [1.54, 1.807) is 7.05 Å². The summed E-state index contributed by atoms with van der Waals surface area (Å²) in [5, 5.41) is 3.37. The highest BCUT2D eigenvalue weighted by Gasteiger charge is 2.36. The molecule has 0 bridgehead atoms. The summed E-state index contributed by atoms with van der Waals surface area (Å²) in [5.74, 6) is 0.934. The Morgan fingerprint density at radius 3 is 2.63 bits per heavy atom. The number of hydrogen-bond donors (Lipinski definition) is 1. The number of nitrogens with zero attached hydrogens (tertiary/aromatic N) is 3. The summed E-state index contributed by atoms with van der Waals surface area (Å²) in [6, 6.07) is 8.05. The minimum absolute atomic E-state index is 0.120. The Morgan fingerprint density at radius 1 is 1.30 bits per heavy atom. The average molecular weight is 372 g/mol. The van der Waals surface area contributed by atoms with Crippen LogP contribution in [-0.2, 0) is 20.9 Å². The maximum absolute atomic E-state index is 11.9. The molecular formula is C20H28N4O3. The van der Waals surface area contributed by atoms with Crippen LogP contribution in [0, 0.1) is 11.8 Å². The fraction of sp³-hybridized carbons (Fsp3) is 0.550. The smallest absolute Gasteiger partial charge is 0.310 e. The van der Waals surface area contributed by atoms with E-state index in [-0.39, 0.29) is 23.7 Å². The van der Waals surface area contributed by atoms with Crippen molar-refractivity contribution in [3.8, 4) is 0 Å². The number of anilines is 1. The van der Waals surface area contributed by atoms with Crippen LogP contribution in [-0.4, -0.2) is 56.5 Å². The topological polar surface area (TPSA) is 74.2 Å². The number of methoxy groups -OCH3 is 1. The Bertz CT molecular complexity index is 716. The highest BCUT2D eigenvalue weighted by atomic mass is 16.5. The maximum Gasteiger partial charge on any atom is 0.310 e. The molecule has 0 saturated carbocycles. The molecule has 1 N–H and O–H groups in total. The van der Waals surface area contributed by atoms with E-state index in [9.17, 15) is 9.59 Å². The van der Waals surface area contributed by atoms with Crippen LogP contribution in [0.3, 0.4) is 0 Å². The fourth-order valence-corrected chi connectivity index (χ4v) is 3.83. The van der Waals surface area contributed by atoms with Crippen LogP contribution in [0.2, 0.25) is 0 Å². The van der Waals surface area contributed by atoms with Crippen molar-refractivity contribution in [1.29, 1.82) is 0 Å². The molecule has 3 rings (SSSR count). The van der Waals surface area contributed by atoms with E-state index in [4.69, 9.17) is 4.74 Å². The van der Waals surface area contributed by atoms with Crippen LogP contribution in [0.25, 0.3) is 0 Å². The number of carbonyl (C=O) groups is 2. The zero-order valence-electron chi connectivity index (χ0n) is 16.3. The normalized spacial score (nSPS) is 23.1. The second-order valence-electron chi connectivity index (χ2n) is 7.23. The molecule has 2 aliphatic rings. The Balaban J connectivity index is 1.57. The van der Waals surface area contributed by atoms with E-state index in [0.29, 0.717) is 19.5 Å². The maximum atomic E-state index is 11.9. The molecule has 146 valence electrons. The second-order valence-corrected chi connectivity index (χ2v) is 7.23. The van der Waals surface area contributed by atoms with Crippen LogP contribution < -0.4 is 10.2 Å². The summed E-state index contributed by atoms with van der Waals surface area (Å²) in [5.41, 5.74) is 2.07. The number of benzene rings is 1. The van der Waals surface area contributed by atoms with Crippen LogP contribution in [0.1, 0.15) is 25.3 Å². The molecule has 2 aliphatic heterocycles. The highest BCUT2D eigenvalue weighted by molar-refractivity contribution is 5.95. The first kappa shape index (κ1) is 19.2. The molecule has 2 fully saturated rings. The van der Waals surface area contributed by atoms with Gasteiger partial charge in [-0.25, -0.2) is 0 Å². The molecule has 7 nitrogen and oxygen atoms in total. The lowest BCUT2D eigenvalue weighted by atomic mass is 9.99. The van der Waals surface area contributed by atoms with Crippen LogP contribution >= 0.6 is 0 Å². The molecular weight excluding hydrogens is 344 g/mol. The van der Waals surface area contributed by atoms with Crippen LogP contribution in [0.4, 0.5) is 5.69 Å². The Labute approximate surface area is 160 Å². The summed E-state index contributed by atoms with van der Waals surface area (Å²) in [7, 11) is 3.19. The lowest BCUT2D eigenvalue weighted by Gasteiger charge is -2.22. The zero-order chi connectivity index (χ0) is 19.4.